The van der Waals surface area contributed by atoms with Crippen LogP contribution < -0.4 is 10.1 Å². The van der Waals surface area contributed by atoms with Gasteiger partial charge < -0.3 is 10.1 Å². The van der Waals surface area contributed by atoms with Crippen molar-refractivity contribution in [1.29, 1.82) is 0 Å². The Kier molecular flexibility index (Phi) is 5.17. The monoisotopic (exact) mass is 279 g/mol. The molecule has 1 saturated heterocycles. The molecular formula is C16H25NOS. The predicted molar refractivity (Wildman–Crippen MR) is 84.3 cm³/mol. The molecule has 3 heteroatoms. The number of methoxy groups -OCH3 is 1. The fourth-order valence-electron chi connectivity index (χ4n) is 2.89. The number of rotatable bonds is 5. The summed E-state index contributed by atoms with van der Waals surface area (Å²) in [6.45, 7) is 7.49. The van der Waals surface area contributed by atoms with Gasteiger partial charge in [0.25, 0.3) is 0 Å². The van der Waals surface area contributed by atoms with Crippen LogP contribution >= 0.6 is 11.8 Å². The quantitative estimate of drug-likeness (QED) is 0.887. The summed E-state index contributed by atoms with van der Waals surface area (Å²) < 4.78 is 5.70. The van der Waals surface area contributed by atoms with Crippen LogP contribution in [0.3, 0.4) is 0 Å². The van der Waals surface area contributed by atoms with Crippen molar-refractivity contribution >= 4 is 11.8 Å². The van der Waals surface area contributed by atoms with Gasteiger partial charge in [-0.05, 0) is 55.4 Å². The Morgan fingerprint density at radius 3 is 2.79 bits per heavy atom. The highest BCUT2D eigenvalue weighted by Gasteiger charge is 2.28. The van der Waals surface area contributed by atoms with E-state index in [-0.39, 0.29) is 0 Å². The van der Waals surface area contributed by atoms with Crippen molar-refractivity contribution in [2.75, 3.05) is 25.2 Å². The highest BCUT2D eigenvalue weighted by Crippen LogP contribution is 2.39. The molecule has 0 amide bonds. The summed E-state index contributed by atoms with van der Waals surface area (Å²) in [6, 6.07) is 4.89. The van der Waals surface area contributed by atoms with E-state index in [9.17, 15) is 0 Å². The summed E-state index contributed by atoms with van der Waals surface area (Å²) in [5.41, 5.74) is 3.91. The summed E-state index contributed by atoms with van der Waals surface area (Å²) in [7, 11) is 1.79. The molecule has 1 aliphatic rings. The molecule has 2 nitrogen and oxygen atoms in total. The highest BCUT2D eigenvalue weighted by atomic mass is 32.2. The lowest BCUT2D eigenvalue weighted by Crippen LogP contribution is -2.29. The number of aryl methyl sites for hydroxylation is 1. The molecule has 2 unspecified atom stereocenters. The van der Waals surface area contributed by atoms with Crippen LogP contribution in [0, 0.1) is 19.8 Å². The summed E-state index contributed by atoms with van der Waals surface area (Å²) in [5, 5.41) is 3.67. The van der Waals surface area contributed by atoms with Crippen LogP contribution in [0.1, 0.15) is 36.1 Å². The first-order valence-electron chi connectivity index (χ1n) is 7.14. The summed E-state index contributed by atoms with van der Waals surface area (Å²) >= 11 is 2.07. The van der Waals surface area contributed by atoms with Crippen molar-refractivity contribution in [2.24, 2.45) is 5.92 Å². The van der Waals surface area contributed by atoms with Crippen molar-refractivity contribution < 1.29 is 4.74 Å². The molecule has 0 aromatic heterocycles. The molecule has 2 atom stereocenters. The lowest BCUT2D eigenvalue weighted by Gasteiger charge is -2.27. The van der Waals surface area contributed by atoms with E-state index in [1.54, 1.807) is 7.11 Å². The molecular weight excluding hydrogens is 254 g/mol. The Labute approximate surface area is 121 Å². The van der Waals surface area contributed by atoms with Gasteiger partial charge in [-0.2, -0.15) is 11.8 Å². The molecule has 1 fully saturated rings. The van der Waals surface area contributed by atoms with Gasteiger partial charge in [-0.25, -0.2) is 0 Å². The molecule has 0 bridgehead atoms. The van der Waals surface area contributed by atoms with Crippen molar-refractivity contribution in [3.05, 3.63) is 28.8 Å². The molecule has 0 aliphatic carbocycles. The first kappa shape index (κ1) is 14.7. The summed E-state index contributed by atoms with van der Waals surface area (Å²) in [4.78, 5) is 0. The zero-order valence-electron chi connectivity index (χ0n) is 12.5. The minimum atomic E-state index is 0.425. The second kappa shape index (κ2) is 6.67. The fourth-order valence-corrected chi connectivity index (χ4v) is 4.19. The largest absolute Gasteiger partial charge is 0.496 e. The SMILES string of the molecule is CCNC(c1ccc(C)c(C)c1OC)C1CCSC1. The van der Waals surface area contributed by atoms with E-state index >= 15 is 0 Å². The topological polar surface area (TPSA) is 21.3 Å². The number of hydrogen-bond acceptors (Lipinski definition) is 3. The molecule has 1 aliphatic heterocycles. The Balaban J connectivity index is 2.37. The number of thioether (sulfide) groups is 1. The third kappa shape index (κ3) is 3.09. The Morgan fingerprint density at radius 1 is 1.42 bits per heavy atom. The van der Waals surface area contributed by atoms with Gasteiger partial charge in [0.1, 0.15) is 5.75 Å². The van der Waals surface area contributed by atoms with E-state index in [0.717, 1.165) is 18.2 Å². The van der Waals surface area contributed by atoms with Crippen LogP contribution in [0.2, 0.25) is 0 Å². The van der Waals surface area contributed by atoms with Crippen LogP contribution in [0.4, 0.5) is 0 Å². The second-order valence-corrected chi connectivity index (χ2v) is 6.44. The number of nitrogens with one attached hydrogen (secondary N) is 1. The number of hydrogen-bond donors (Lipinski definition) is 1. The summed E-state index contributed by atoms with van der Waals surface area (Å²) in [5.74, 6) is 4.34. The van der Waals surface area contributed by atoms with Gasteiger partial charge in [-0.15, -0.1) is 0 Å². The molecule has 1 heterocycles. The van der Waals surface area contributed by atoms with E-state index in [1.807, 2.05) is 0 Å². The lowest BCUT2D eigenvalue weighted by atomic mass is 9.89. The maximum Gasteiger partial charge on any atom is 0.126 e. The average Bonchev–Trinajstić information content (AvgIpc) is 2.93. The zero-order valence-corrected chi connectivity index (χ0v) is 13.3. The third-order valence-electron chi connectivity index (χ3n) is 4.11. The highest BCUT2D eigenvalue weighted by molar-refractivity contribution is 7.99. The number of ether oxygens (including phenoxy) is 1. The van der Waals surface area contributed by atoms with Crippen molar-refractivity contribution in [1.82, 2.24) is 5.32 Å². The molecule has 0 saturated carbocycles. The molecule has 1 N–H and O–H groups in total. The van der Waals surface area contributed by atoms with E-state index in [2.05, 4.69) is 50.0 Å². The second-order valence-electron chi connectivity index (χ2n) is 5.29. The van der Waals surface area contributed by atoms with Gasteiger partial charge in [0, 0.05) is 11.6 Å². The zero-order chi connectivity index (χ0) is 13.8. The van der Waals surface area contributed by atoms with E-state index in [0.29, 0.717) is 6.04 Å². The van der Waals surface area contributed by atoms with Gasteiger partial charge in [0.2, 0.25) is 0 Å². The van der Waals surface area contributed by atoms with Crippen LogP contribution in [-0.4, -0.2) is 25.2 Å². The first-order chi connectivity index (χ1) is 9.19. The van der Waals surface area contributed by atoms with Crippen molar-refractivity contribution in [2.45, 2.75) is 33.2 Å². The molecule has 0 spiro atoms. The maximum absolute atomic E-state index is 5.70. The maximum atomic E-state index is 5.70. The van der Waals surface area contributed by atoms with Crippen LogP contribution in [0.25, 0.3) is 0 Å². The molecule has 1 aromatic carbocycles. The Morgan fingerprint density at radius 2 is 2.21 bits per heavy atom. The fraction of sp³-hybridized carbons (Fsp3) is 0.625. The smallest absolute Gasteiger partial charge is 0.126 e. The van der Waals surface area contributed by atoms with Crippen LogP contribution in [0.5, 0.6) is 5.75 Å². The van der Waals surface area contributed by atoms with Gasteiger partial charge in [-0.3, -0.25) is 0 Å². The average molecular weight is 279 g/mol. The van der Waals surface area contributed by atoms with Crippen molar-refractivity contribution in [3.63, 3.8) is 0 Å². The predicted octanol–water partition coefficient (Wildman–Crippen LogP) is 3.72. The Bertz CT molecular complexity index is 427. The normalized spacial score (nSPS) is 20.5. The van der Waals surface area contributed by atoms with Gasteiger partial charge in [0.05, 0.1) is 7.11 Å². The van der Waals surface area contributed by atoms with Gasteiger partial charge in [-0.1, -0.05) is 19.1 Å². The van der Waals surface area contributed by atoms with Crippen LogP contribution in [0.15, 0.2) is 12.1 Å². The van der Waals surface area contributed by atoms with Crippen molar-refractivity contribution in [3.8, 4) is 5.75 Å². The third-order valence-corrected chi connectivity index (χ3v) is 5.29. The van der Waals surface area contributed by atoms with Crippen LogP contribution in [-0.2, 0) is 0 Å². The lowest BCUT2D eigenvalue weighted by molar-refractivity contribution is 0.363. The molecule has 106 valence electrons. The number of benzene rings is 1. The summed E-state index contributed by atoms with van der Waals surface area (Å²) in [6.07, 6.45) is 1.30. The standard InChI is InChI=1S/C16H25NOS/c1-5-17-15(13-8-9-19-10-13)14-7-6-11(2)12(3)16(14)18-4/h6-7,13,15,17H,5,8-10H2,1-4H3. The van der Waals surface area contributed by atoms with E-state index < -0.39 is 0 Å². The minimum absolute atomic E-state index is 0.425. The molecule has 2 rings (SSSR count). The Hall–Kier alpha value is -0.670. The molecule has 0 radical (unpaired) electrons. The first-order valence-corrected chi connectivity index (χ1v) is 8.29. The molecule has 1 aromatic rings. The minimum Gasteiger partial charge on any atom is -0.496 e. The molecule has 19 heavy (non-hydrogen) atoms. The van der Waals surface area contributed by atoms with Gasteiger partial charge >= 0.3 is 0 Å². The van der Waals surface area contributed by atoms with Gasteiger partial charge in [0.15, 0.2) is 0 Å². The van der Waals surface area contributed by atoms with E-state index in [1.165, 1.54) is 34.6 Å². The van der Waals surface area contributed by atoms with E-state index in [4.69, 9.17) is 4.74 Å².